The molecule has 17 heavy (non-hydrogen) atoms. The second-order valence-electron chi connectivity index (χ2n) is 4.30. The fourth-order valence-electron chi connectivity index (χ4n) is 2.05. The lowest BCUT2D eigenvalue weighted by atomic mass is 10.1. The van der Waals surface area contributed by atoms with Crippen LogP contribution in [0.1, 0.15) is 6.42 Å². The molecule has 1 unspecified atom stereocenters. The van der Waals surface area contributed by atoms with Crippen molar-refractivity contribution in [3.63, 3.8) is 0 Å². The van der Waals surface area contributed by atoms with Crippen LogP contribution in [0, 0.1) is 5.92 Å². The van der Waals surface area contributed by atoms with Gasteiger partial charge in [-0.1, -0.05) is 11.6 Å². The zero-order valence-corrected chi connectivity index (χ0v) is 10.1. The van der Waals surface area contributed by atoms with E-state index in [9.17, 15) is 0 Å². The fraction of sp³-hybridized carbons (Fsp3) is 0.500. The SMILES string of the molecule is Clc1cc2c(cc1NCC1CCOC1)OCO2. The van der Waals surface area contributed by atoms with Gasteiger partial charge in [0.25, 0.3) is 0 Å². The highest BCUT2D eigenvalue weighted by Gasteiger charge is 2.18. The Balaban J connectivity index is 1.69. The van der Waals surface area contributed by atoms with Gasteiger partial charge in [-0.3, -0.25) is 0 Å². The highest BCUT2D eigenvalue weighted by atomic mass is 35.5. The molecule has 2 aliphatic heterocycles. The second kappa shape index (κ2) is 4.63. The van der Waals surface area contributed by atoms with Crippen molar-refractivity contribution < 1.29 is 14.2 Å². The number of hydrogen-bond donors (Lipinski definition) is 1. The summed E-state index contributed by atoms with van der Waals surface area (Å²) in [4.78, 5) is 0. The molecule has 1 aromatic carbocycles. The number of hydrogen-bond acceptors (Lipinski definition) is 4. The molecule has 1 atom stereocenters. The van der Waals surface area contributed by atoms with Crippen LogP contribution in [0.3, 0.4) is 0 Å². The predicted molar refractivity (Wildman–Crippen MR) is 65.0 cm³/mol. The van der Waals surface area contributed by atoms with Gasteiger partial charge >= 0.3 is 0 Å². The lowest BCUT2D eigenvalue weighted by Gasteiger charge is -2.12. The van der Waals surface area contributed by atoms with E-state index in [1.165, 1.54) is 0 Å². The van der Waals surface area contributed by atoms with E-state index in [1.807, 2.05) is 6.07 Å². The predicted octanol–water partition coefficient (Wildman–Crippen LogP) is 2.52. The first-order valence-corrected chi connectivity index (χ1v) is 6.11. The Kier molecular flexibility index (Phi) is 2.99. The third kappa shape index (κ3) is 2.28. The Morgan fingerprint density at radius 3 is 2.88 bits per heavy atom. The Labute approximate surface area is 105 Å². The Morgan fingerprint density at radius 1 is 1.29 bits per heavy atom. The molecule has 0 saturated carbocycles. The van der Waals surface area contributed by atoms with Gasteiger partial charge in [-0.2, -0.15) is 0 Å². The minimum atomic E-state index is 0.269. The highest BCUT2D eigenvalue weighted by molar-refractivity contribution is 6.33. The van der Waals surface area contributed by atoms with Crippen LogP contribution in [0.15, 0.2) is 12.1 Å². The summed E-state index contributed by atoms with van der Waals surface area (Å²) in [5, 5.41) is 4.00. The van der Waals surface area contributed by atoms with Gasteiger partial charge in [-0.05, 0) is 6.42 Å². The summed E-state index contributed by atoms with van der Waals surface area (Å²) in [5.74, 6) is 2.03. The standard InChI is InChI=1S/C12H14ClNO3/c13-9-3-11-12(17-7-16-11)4-10(9)14-5-8-1-2-15-6-8/h3-4,8,14H,1-2,5-7H2. The summed E-state index contributed by atoms with van der Waals surface area (Å²) in [6, 6.07) is 3.68. The number of rotatable bonds is 3. The maximum absolute atomic E-state index is 6.16. The van der Waals surface area contributed by atoms with Crippen molar-refractivity contribution in [1.29, 1.82) is 0 Å². The molecule has 2 aliphatic rings. The topological polar surface area (TPSA) is 39.7 Å². The molecule has 0 aromatic heterocycles. The molecule has 1 N–H and O–H groups in total. The quantitative estimate of drug-likeness (QED) is 0.901. The zero-order valence-electron chi connectivity index (χ0n) is 9.37. The molecule has 1 fully saturated rings. The second-order valence-corrected chi connectivity index (χ2v) is 4.70. The van der Waals surface area contributed by atoms with E-state index in [-0.39, 0.29) is 6.79 Å². The van der Waals surface area contributed by atoms with Crippen LogP contribution in [0.5, 0.6) is 11.5 Å². The zero-order chi connectivity index (χ0) is 11.7. The number of fused-ring (bicyclic) bond motifs is 1. The van der Waals surface area contributed by atoms with Gasteiger partial charge in [-0.15, -0.1) is 0 Å². The van der Waals surface area contributed by atoms with Gasteiger partial charge in [0, 0.05) is 31.2 Å². The summed E-state index contributed by atoms with van der Waals surface area (Å²) < 4.78 is 15.9. The van der Waals surface area contributed by atoms with Crippen molar-refractivity contribution in [2.75, 3.05) is 31.9 Å². The van der Waals surface area contributed by atoms with E-state index in [0.29, 0.717) is 16.7 Å². The lowest BCUT2D eigenvalue weighted by molar-refractivity contribution is 0.174. The van der Waals surface area contributed by atoms with Crippen molar-refractivity contribution >= 4 is 17.3 Å². The van der Waals surface area contributed by atoms with Crippen molar-refractivity contribution in [3.05, 3.63) is 17.2 Å². The van der Waals surface area contributed by atoms with Crippen molar-refractivity contribution in [3.8, 4) is 11.5 Å². The van der Waals surface area contributed by atoms with E-state index >= 15 is 0 Å². The third-order valence-corrected chi connectivity index (χ3v) is 3.38. The number of halogens is 1. The van der Waals surface area contributed by atoms with E-state index in [2.05, 4.69) is 5.32 Å². The minimum Gasteiger partial charge on any atom is -0.454 e. The van der Waals surface area contributed by atoms with Gasteiger partial charge in [0.1, 0.15) is 0 Å². The molecule has 0 bridgehead atoms. The van der Waals surface area contributed by atoms with Crippen LogP contribution >= 0.6 is 11.6 Å². The summed E-state index contributed by atoms with van der Waals surface area (Å²) in [5.41, 5.74) is 0.891. The molecule has 2 heterocycles. The van der Waals surface area contributed by atoms with Crippen LogP contribution in [0.25, 0.3) is 0 Å². The van der Waals surface area contributed by atoms with Crippen LogP contribution < -0.4 is 14.8 Å². The van der Waals surface area contributed by atoms with Gasteiger partial charge in [0.05, 0.1) is 17.3 Å². The van der Waals surface area contributed by atoms with Gasteiger partial charge in [0.2, 0.25) is 6.79 Å². The number of anilines is 1. The number of ether oxygens (including phenoxy) is 3. The monoisotopic (exact) mass is 255 g/mol. The summed E-state index contributed by atoms with van der Waals surface area (Å²) in [6.45, 7) is 2.83. The van der Waals surface area contributed by atoms with E-state index in [0.717, 1.165) is 37.6 Å². The van der Waals surface area contributed by atoms with Crippen molar-refractivity contribution in [2.24, 2.45) is 5.92 Å². The molecule has 92 valence electrons. The average molecular weight is 256 g/mol. The van der Waals surface area contributed by atoms with Gasteiger partial charge in [0.15, 0.2) is 11.5 Å². The summed E-state index contributed by atoms with van der Waals surface area (Å²) in [7, 11) is 0. The van der Waals surface area contributed by atoms with E-state index in [4.69, 9.17) is 25.8 Å². The molecule has 4 nitrogen and oxygen atoms in total. The van der Waals surface area contributed by atoms with Crippen molar-refractivity contribution in [1.82, 2.24) is 0 Å². The molecule has 0 amide bonds. The highest BCUT2D eigenvalue weighted by Crippen LogP contribution is 2.39. The summed E-state index contributed by atoms with van der Waals surface area (Å²) in [6.07, 6.45) is 1.11. The molecule has 0 radical (unpaired) electrons. The normalized spacial score (nSPS) is 21.8. The third-order valence-electron chi connectivity index (χ3n) is 3.07. The maximum Gasteiger partial charge on any atom is 0.231 e. The van der Waals surface area contributed by atoms with Crippen molar-refractivity contribution in [2.45, 2.75) is 6.42 Å². The molecule has 0 spiro atoms. The molecule has 1 saturated heterocycles. The Hall–Kier alpha value is -1.13. The van der Waals surface area contributed by atoms with E-state index in [1.54, 1.807) is 6.07 Å². The van der Waals surface area contributed by atoms with Crippen LogP contribution in [-0.4, -0.2) is 26.6 Å². The Bertz CT molecular complexity index is 418. The maximum atomic E-state index is 6.16. The molecule has 1 aromatic rings. The first kappa shape index (κ1) is 11.0. The first-order chi connectivity index (χ1) is 8.33. The minimum absolute atomic E-state index is 0.269. The first-order valence-electron chi connectivity index (χ1n) is 5.73. The molecular formula is C12H14ClNO3. The number of benzene rings is 1. The van der Waals surface area contributed by atoms with E-state index < -0.39 is 0 Å². The van der Waals surface area contributed by atoms with Gasteiger partial charge < -0.3 is 19.5 Å². The largest absolute Gasteiger partial charge is 0.454 e. The summed E-state index contributed by atoms with van der Waals surface area (Å²) >= 11 is 6.16. The van der Waals surface area contributed by atoms with Crippen LogP contribution in [-0.2, 0) is 4.74 Å². The molecular weight excluding hydrogens is 242 g/mol. The lowest BCUT2D eigenvalue weighted by Crippen LogP contribution is -2.14. The fourth-order valence-corrected chi connectivity index (χ4v) is 2.27. The van der Waals surface area contributed by atoms with Gasteiger partial charge in [-0.25, -0.2) is 0 Å². The number of nitrogens with one attached hydrogen (secondary N) is 1. The average Bonchev–Trinajstić information content (AvgIpc) is 2.95. The molecule has 0 aliphatic carbocycles. The molecule has 3 rings (SSSR count). The molecule has 5 heteroatoms. The Morgan fingerprint density at radius 2 is 2.12 bits per heavy atom. The van der Waals surface area contributed by atoms with Crippen LogP contribution in [0.2, 0.25) is 5.02 Å². The van der Waals surface area contributed by atoms with Crippen LogP contribution in [0.4, 0.5) is 5.69 Å². The smallest absolute Gasteiger partial charge is 0.231 e.